The van der Waals surface area contributed by atoms with Gasteiger partial charge in [-0.25, -0.2) is 0 Å². The number of methoxy groups -OCH3 is 1. The second-order valence-electron chi connectivity index (χ2n) is 7.00. The number of nitrogens with one attached hydrogen (secondary N) is 1. The Labute approximate surface area is 167 Å². The molecule has 0 radical (unpaired) electrons. The van der Waals surface area contributed by atoms with Crippen LogP contribution in [0.3, 0.4) is 0 Å². The van der Waals surface area contributed by atoms with Gasteiger partial charge in [0, 0.05) is 13.1 Å². The Hall–Kier alpha value is -2.82. The number of carbonyl (C=O) groups excluding carboxylic acids is 2. The van der Waals surface area contributed by atoms with Crippen molar-refractivity contribution in [1.82, 2.24) is 10.2 Å². The Bertz CT molecular complexity index is 787. The number of hydrogen-bond donors (Lipinski definition) is 1. The molecule has 0 saturated heterocycles. The van der Waals surface area contributed by atoms with E-state index in [4.69, 9.17) is 4.74 Å². The molecule has 0 bridgehead atoms. The monoisotopic (exact) mass is 382 g/mol. The maximum absolute atomic E-state index is 13.1. The van der Waals surface area contributed by atoms with Crippen molar-refractivity contribution < 1.29 is 14.3 Å². The molecule has 5 nitrogen and oxygen atoms in total. The van der Waals surface area contributed by atoms with E-state index in [9.17, 15) is 9.59 Å². The lowest BCUT2D eigenvalue weighted by atomic mass is 10.1. The highest BCUT2D eigenvalue weighted by molar-refractivity contribution is 5.88. The SMILES string of the molecule is CCCNC(=O)[C@H](C)N(Cc1ccc(OC)cc1)C(=O)Cc1cccc(C)c1. The first-order chi connectivity index (χ1) is 13.4. The first-order valence-electron chi connectivity index (χ1n) is 9.70. The minimum atomic E-state index is -0.550. The highest BCUT2D eigenvalue weighted by Crippen LogP contribution is 2.16. The van der Waals surface area contributed by atoms with Crippen LogP contribution in [0.2, 0.25) is 0 Å². The van der Waals surface area contributed by atoms with Crippen molar-refractivity contribution in [3.63, 3.8) is 0 Å². The number of nitrogens with zero attached hydrogens (tertiary/aromatic N) is 1. The normalized spacial score (nSPS) is 11.6. The average molecular weight is 383 g/mol. The van der Waals surface area contributed by atoms with E-state index in [-0.39, 0.29) is 18.2 Å². The van der Waals surface area contributed by atoms with Crippen molar-refractivity contribution in [3.05, 3.63) is 65.2 Å². The van der Waals surface area contributed by atoms with Crippen LogP contribution in [0.4, 0.5) is 0 Å². The molecular weight excluding hydrogens is 352 g/mol. The van der Waals surface area contributed by atoms with Gasteiger partial charge in [-0.2, -0.15) is 0 Å². The summed E-state index contributed by atoms with van der Waals surface area (Å²) >= 11 is 0. The number of aryl methyl sites for hydroxylation is 1. The first kappa shape index (κ1) is 21.5. The largest absolute Gasteiger partial charge is 0.497 e. The molecule has 2 aromatic carbocycles. The van der Waals surface area contributed by atoms with Crippen molar-refractivity contribution in [1.29, 1.82) is 0 Å². The first-order valence-corrected chi connectivity index (χ1v) is 9.70. The maximum Gasteiger partial charge on any atom is 0.242 e. The molecule has 0 heterocycles. The fourth-order valence-corrected chi connectivity index (χ4v) is 3.00. The van der Waals surface area contributed by atoms with Crippen molar-refractivity contribution in [2.75, 3.05) is 13.7 Å². The standard InChI is InChI=1S/C23H30N2O3/c1-5-13-24-23(27)18(3)25(16-19-9-11-21(28-4)12-10-19)22(26)15-20-8-6-7-17(2)14-20/h6-12,14,18H,5,13,15-16H2,1-4H3,(H,24,27)/t18-/m0/s1. The van der Waals surface area contributed by atoms with Gasteiger partial charge in [0.1, 0.15) is 11.8 Å². The molecule has 0 aliphatic carbocycles. The Balaban J connectivity index is 2.20. The van der Waals surface area contributed by atoms with E-state index in [0.29, 0.717) is 13.1 Å². The van der Waals surface area contributed by atoms with Gasteiger partial charge < -0.3 is 15.0 Å². The molecule has 2 rings (SSSR count). The fourth-order valence-electron chi connectivity index (χ4n) is 3.00. The van der Waals surface area contributed by atoms with Crippen LogP contribution in [0.15, 0.2) is 48.5 Å². The predicted molar refractivity (Wildman–Crippen MR) is 111 cm³/mol. The molecule has 0 unspecified atom stereocenters. The second kappa shape index (κ2) is 10.5. The zero-order valence-electron chi connectivity index (χ0n) is 17.2. The van der Waals surface area contributed by atoms with Gasteiger partial charge in [-0.1, -0.05) is 48.9 Å². The Morgan fingerprint density at radius 1 is 1.11 bits per heavy atom. The van der Waals surface area contributed by atoms with Gasteiger partial charge in [-0.15, -0.1) is 0 Å². The Morgan fingerprint density at radius 3 is 2.43 bits per heavy atom. The third-order valence-electron chi connectivity index (χ3n) is 4.67. The zero-order chi connectivity index (χ0) is 20.5. The molecular formula is C23H30N2O3. The quantitative estimate of drug-likeness (QED) is 0.722. The van der Waals surface area contributed by atoms with Gasteiger partial charge in [0.2, 0.25) is 11.8 Å². The number of hydrogen-bond acceptors (Lipinski definition) is 3. The summed E-state index contributed by atoms with van der Waals surface area (Å²) in [6.45, 7) is 6.76. The van der Waals surface area contributed by atoms with Crippen molar-refractivity contribution in [3.8, 4) is 5.75 Å². The summed E-state index contributed by atoms with van der Waals surface area (Å²) in [7, 11) is 1.62. The van der Waals surface area contributed by atoms with Gasteiger partial charge in [0.05, 0.1) is 13.5 Å². The lowest BCUT2D eigenvalue weighted by Crippen LogP contribution is -2.48. The topological polar surface area (TPSA) is 58.6 Å². The van der Waals surface area contributed by atoms with E-state index in [2.05, 4.69) is 5.32 Å². The summed E-state index contributed by atoms with van der Waals surface area (Å²) in [6, 6.07) is 14.9. The summed E-state index contributed by atoms with van der Waals surface area (Å²) in [5.41, 5.74) is 3.01. The summed E-state index contributed by atoms with van der Waals surface area (Å²) in [5.74, 6) is 0.559. The molecule has 2 amide bonds. The average Bonchev–Trinajstić information content (AvgIpc) is 2.70. The van der Waals surface area contributed by atoms with Gasteiger partial charge in [-0.05, 0) is 43.5 Å². The van der Waals surface area contributed by atoms with Crippen molar-refractivity contribution >= 4 is 11.8 Å². The number of benzene rings is 2. The van der Waals surface area contributed by atoms with E-state index in [0.717, 1.165) is 28.9 Å². The highest BCUT2D eigenvalue weighted by Gasteiger charge is 2.26. The third-order valence-corrected chi connectivity index (χ3v) is 4.67. The van der Waals surface area contributed by atoms with Crippen molar-refractivity contribution in [2.24, 2.45) is 0 Å². The number of carbonyl (C=O) groups is 2. The number of ether oxygens (including phenoxy) is 1. The summed E-state index contributed by atoms with van der Waals surface area (Å²) in [6.07, 6.45) is 1.12. The summed E-state index contributed by atoms with van der Waals surface area (Å²) in [4.78, 5) is 27.3. The van der Waals surface area contributed by atoms with E-state index in [1.165, 1.54) is 0 Å². The van der Waals surface area contributed by atoms with Crippen LogP contribution in [0, 0.1) is 6.92 Å². The Morgan fingerprint density at radius 2 is 1.82 bits per heavy atom. The lowest BCUT2D eigenvalue weighted by molar-refractivity contribution is -0.140. The molecule has 1 atom stereocenters. The Kier molecular flexibility index (Phi) is 8.05. The van der Waals surface area contributed by atoms with Crippen LogP contribution in [0.5, 0.6) is 5.75 Å². The minimum absolute atomic E-state index is 0.0689. The smallest absolute Gasteiger partial charge is 0.242 e. The summed E-state index contributed by atoms with van der Waals surface area (Å²) < 4.78 is 5.20. The molecule has 28 heavy (non-hydrogen) atoms. The molecule has 1 N–H and O–H groups in total. The van der Waals surface area contributed by atoms with E-state index >= 15 is 0 Å². The molecule has 0 aromatic heterocycles. The molecule has 5 heteroatoms. The predicted octanol–water partition coefficient (Wildman–Crippen LogP) is 3.49. The van der Waals surface area contributed by atoms with Gasteiger partial charge in [0.15, 0.2) is 0 Å². The number of amides is 2. The molecule has 0 saturated carbocycles. The zero-order valence-corrected chi connectivity index (χ0v) is 17.2. The van der Waals surface area contributed by atoms with Gasteiger partial charge in [-0.3, -0.25) is 9.59 Å². The second-order valence-corrected chi connectivity index (χ2v) is 7.00. The molecule has 150 valence electrons. The van der Waals surface area contributed by atoms with Crippen LogP contribution in [-0.4, -0.2) is 36.4 Å². The molecule has 0 aliphatic rings. The fraction of sp³-hybridized carbons (Fsp3) is 0.391. The van der Waals surface area contributed by atoms with Gasteiger partial charge in [0.25, 0.3) is 0 Å². The van der Waals surface area contributed by atoms with Crippen molar-refractivity contribution in [2.45, 2.75) is 46.2 Å². The summed E-state index contributed by atoms with van der Waals surface area (Å²) in [5, 5.41) is 2.89. The van der Waals surface area contributed by atoms with E-state index in [1.54, 1.807) is 18.9 Å². The van der Waals surface area contributed by atoms with Gasteiger partial charge >= 0.3 is 0 Å². The minimum Gasteiger partial charge on any atom is -0.497 e. The molecule has 0 spiro atoms. The van der Waals surface area contributed by atoms with Crippen LogP contribution in [0.25, 0.3) is 0 Å². The molecule has 2 aromatic rings. The van der Waals surface area contributed by atoms with Crippen LogP contribution in [-0.2, 0) is 22.6 Å². The van der Waals surface area contributed by atoms with Crippen LogP contribution in [0.1, 0.15) is 37.0 Å². The lowest BCUT2D eigenvalue weighted by Gasteiger charge is -2.29. The highest BCUT2D eigenvalue weighted by atomic mass is 16.5. The van der Waals surface area contributed by atoms with E-state index in [1.807, 2.05) is 62.4 Å². The van der Waals surface area contributed by atoms with Crippen LogP contribution >= 0.6 is 0 Å². The van der Waals surface area contributed by atoms with Crippen LogP contribution < -0.4 is 10.1 Å². The maximum atomic E-state index is 13.1. The third kappa shape index (κ3) is 6.12. The number of rotatable bonds is 9. The molecule has 0 aliphatic heterocycles. The van der Waals surface area contributed by atoms with E-state index < -0.39 is 6.04 Å². The molecule has 0 fully saturated rings.